The Morgan fingerprint density at radius 2 is 1.92 bits per heavy atom. The van der Waals surface area contributed by atoms with Crippen molar-refractivity contribution < 1.29 is 14.0 Å². The molecule has 1 aromatic carbocycles. The summed E-state index contributed by atoms with van der Waals surface area (Å²) in [4.78, 5) is 8.37. The normalized spacial score (nSPS) is 10.8. The van der Waals surface area contributed by atoms with Crippen LogP contribution in [0.5, 0.6) is 17.2 Å². The third kappa shape index (κ3) is 5.31. The van der Waals surface area contributed by atoms with Crippen LogP contribution in [-0.2, 0) is 13.0 Å². The van der Waals surface area contributed by atoms with Crippen molar-refractivity contribution in [1.82, 2.24) is 15.1 Å². The van der Waals surface area contributed by atoms with Crippen LogP contribution in [0.1, 0.15) is 32.0 Å². The molecule has 0 spiro atoms. The molecule has 0 saturated carbocycles. The smallest absolute Gasteiger partial charge is 0.264 e. The fourth-order valence-electron chi connectivity index (χ4n) is 2.18. The van der Waals surface area contributed by atoms with Crippen molar-refractivity contribution in [3.63, 3.8) is 0 Å². The number of benzene rings is 1. The van der Waals surface area contributed by atoms with E-state index in [2.05, 4.69) is 29.0 Å². The van der Waals surface area contributed by atoms with Crippen LogP contribution in [0.15, 0.2) is 53.3 Å². The molecule has 0 N–H and O–H groups in total. The molecule has 6 nitrogen and oxygen atoms in total. The molecule has 3 aromatic rings. The van der Waals surface area contributed by atoms with Crippen LogP contribution in [0.25, 0.3) is 0 Å². The van der Waals surface area contributed by atoms with Gasteiger partial charge in [-0.05, 0) is 36.6 Å². The maximum Gasteiger partial charge on any atom is 0.264 e. The van der Waals surface area contributed by atoms with E-state index in [0.29, 0.717) is 29.1 Å². The largest absolute Gasteiger partial charge is 0.484 e. The zero-order chi connectivity index (χ0) is 17.5. The molecule has 0 amide bonds. The maximum absolute atomic E-state index is 5.74. The number of pyridine rings is 1. The lowest BCUT2D eigenvalue weighted by molar-refractivity contribution is 0.242. The number of rotatable bonds is 8. The van der Waals surface area contributed by atoms with Gasteiger partial charge in [0.2, 0.25) is 0 Å². The molecule has 6 heteroatoms. The first kappa shape index (κ1) is 17.0. The van der Waals surface area contributed by atoms with Crippen molar-refractivity contribution in [2.45, 2.75) is 33.3 Å². The van der Waals surface area contributed by atoms with Gasteiger partial charge in [0, 0.05) is 18.7 Å². The van der Waals surface area contributed by atoms with Crippen molar-refractivity contribution in [3.8, 4) is 17.2 Å². The molecule has 0 unspecified atom stereocenters. The molecule has 0 aliphatic heterocycles. The summed E-state index contributed by atoms with van der Waals surface area (Å²) in [5, 5.41) is 3.98. The summed E-state index contributed by atoms with van der Waals surface area (Å²) in [5.74, 6) is 3.82. The predicted molar refractivity (Wildman–Crippen MR) is 92.5 cm³/mol. The molecular formula is C19H21N3O3. The molecule has 0 bridgehead atoms. The van der Waals surface area contributed by atoms with Crippen molar-refractivity contribution in [2.24, 2.45) is 5.92 Å². The summed E-state index contributed by atoms with van der Waals surface area (Å²) in [6, 6.07) is 11.1. The van der Waals surface area contributed by atoms with Gasteiger partial charge in [-0.3, -0.25) is 4.98 Å². The Morgan fingerprint density at radius 1 is 1.08 bits per heavy atom. The van der Waals surface area contributed by atoms with Crippen LogP contribution in [0.4, 0.5) is 0 Å². The summed E-state index contributed by atoms with van der Waals surface area (Å²) in [6.45, 7) is 4.57. The van der Waals surface area contributed by atoms with E-state index < -0.39 is 0 Å². The van der Waals surface area contributed by atoms with E-state index in [4.69, 9.17) is 14.0 Å². The minimum Gasteiger partial charge on any atom is -0.484 e. The molecule has 0 radical (unpaired) electrons. The lowest BCUT2D eigenvalue weighted by Crippen LogP contribution is -1.97. The van der Waals surface area contributed by atoms with Gasteiger partial charge in [0.15, 0.2) is 12.4 Å². The van der Waals surface area contributed by atoms with Crippen LogP contribution < -0.4 is 9.47 Å². The molecule has 2 aromatic heterocycles. The Bertz CT molecular complexity index is 787. The zero-order valence-corrected chi connectivity index (χ0v) is 14.4. The van der Waals surface area contributed by atoms with E-state index in [9.17, 15) is 0 Å². The lowest BCUT2D eigenvalue weighted by Gasteiger charge is -2.07. The summed E-state index contributed by atoms with van der Waals surface area (Å²) in [6.07, 6.45) is 5.21. The van der Waals surface area contributed by atoms with E-state index in [1.807, 2.05) is 36.4 Å². The Labute approximate surface area is 146 Å². The quantitative estimate of drug-likeness (QED) is 0.605. The summed E-state index contributed by atoms with van der Waals surface area (Å²) in [5.41, 5.74) is 0. The fourth-order valence-corrected chi connectivity index (χ4v) is 2.18. The fraction of sp³-hybridized carbons (Fsp3) is 0.316. The number of hydrogen-bond donors (Lipinski definition) is 0. The molecule has 0 atom stereocenters. The van der Waals surface area contributed by atoms with Gasteiger partial charge >= 0.3 is 0 Å². The second-order valence-electron chi connectivity index (χ2n) is 6.09. The Balaban J connectivity index is 1.55. The van der Waals surface area contributed by atoms with E-state index >= 15 is 0 Å². The maximum atomic E-state index is 5.74. The Kier molecular flexibility index (Phi) is 5.61. The van der Waals surface area contributed by atoms with Gasteiger partial charge in [-0.15, -0.1) is 0 Å². The SMILES string of the molecule is CC(C)CCc1noc(COc2cccc(Oc3cccnc3)c2)n1. The molecule has 130 valence electrons. The van der Waals surface area contributed by atoms with Crippen LogP contribution in [0.2, 0.25) is 0 Å². The van der Waals surface area contributed by atoms with E-state index in [1.165, 1.54) is 0 Å². The van der Waals surface area contributed by atoms with Crippen LogP contribution in [0.3, 0.4) is 0 Å². The second kappa shape index (κ2) is 8.28. The molecule has 3 rings (SSSR count). The highest BCUT2D eigenvalue weighted by Gasteiger charge is 2.08. The topological polar surface area (TPSA) is 70.3 Å². The van der Waals surface area contributed by atoms with Crippen LogP contribution >= 0.6 is 0 Å². The van der Waals surface area contributed by atoms with Gasteiger partial charge in [0.1, 0.15) is 17.2 Å². The van der Waals surface area contributed by atoms with Crippen molar-refractivity contribution in [3.05, 3.63) is 60.5 Å². The molecule has 0 aliphatic carbocycles. The van der Waals surface area contributed by atoms with Gasteiger partial charge < -0.3 is 14.0 Å². The van der Waals surface area contributed by atoms with Crippen molar-refractivity contribution in [2.75, 3.05) is 0 Å². The highest BCUT2D eigenvalue weighted by molar-refractivity contribution is 5.36. The van der Waals surface area contributed by atoms with Gasteiger partial charge in [-0.2, -0.15) is 4.98 Å². The molecule has 25 heavy (non-hydrogen) atoms. The first-order valence-electron chi connectivity index (χ1n) is 8.31. The highest BCUT2D eigenvalue weighted by Crippen LogP contribution is 2.25. The average molecular weight is 339 g/mol. The highest BCUT2D eigenvalue weighted by atomic mass is 16.5. The zero-order valence-electron chi connectivity index (χ0n) is 14.4. The molecule has 0 aliphatic rings. The molecule has 2 heterocycles. The summed E-state index contributed by atoms with van der Waals surface area (Å²) >= 11 is 0. The van der Waals surface area contributed by atoms with E-state index in [0.717, 1.165) is 18.7 Å². The molecule has 0 fully saturated rings. The summed E-state index contributed by atoms with van der Waals surface area (Å²) in [7, 11) is 0. The first-order valence-corrected chi connectivity index (χ1v) is 8.31. The van der Waals surface area contributed by atoms with Gasteiger partial charge in [0.05, 0.1) is 6.20 Å². The number of hydrogen-bond acceptors (Lipinski definition) is 6. The minimum absolute atomic E-state index is 0.227. The summed E-state index contributed by atoms with van der Waals surface area (Å²) < 4.78 is 16.7. The van der Waals surface area contributed by atoms with Crippen molar-refractivity contribution in [1.29, 1.82) is 0 Å². The third-order valence-electron chi connectivity index (χ3n) is 3.49. The van der Waals surface area contributed by atoms with Gasteiger partial charge in [-0.25, -0.2) is 0 Å². The monoisotopic (exact) mass is 339 g/mol. The lowest BCUT2D eigenvalue weighted by atomic mass is 10.1. The number of ether oxygens (including phenoxy) is 2. The number of aromatic nitrogens is 3. The second-order valence-corrected chi connectivity index (χ2v) is 6.09. The number of nitrogens with zero attached hydrogens (tertiary/aromatic N) is 3. The van der Waals surface area contributed by atoms with Crippen LogP contribution in [0, 0.1) is 5.92 Å². The minimum atomic E-state index is 0.227. The van der Waals surface area contributed by atoms with Gasteiger partial charge in [0.25, 0.3) is 5.89 Å². The van der Waals surface area contributed by atoms with E-state index in [-0.39, 0.29) is 6.61 Å². The Morgan fingerprint density at radius 3 is 2.72 bits per heavy atom. The average Bonchev–Trinajstić information content (AvgIpc) is 3.07. The third-order valence-corrected chi connectivity index (χ3v) is 3.49. The molecule has 0 saturated heterocycles. The van der Waals surface area contributed by atoms with Gasteiger partial charge in [-0.1, -0.05) is 25.1 Å². The standard InChI is InChI=1S/C19H21N3O3/c1-14(2)8-9-18-21-19(25-22-18)13-23-15-5-3-6-16(11-15)24-17-7-4-10-20-12-17/h3-7,10-12,14H,8-9,13H2,1-2H3. The molecular weight excluding hydrogens is 318 g/mol. The van der Waals surface area contributed by atoms with E-state index in [1.54, 1.807) is 12.4 Å². The van der Waals surface area contributed by atoms with Crippen molar-refractivity contribution >= 4 is 0 Å². The Hall–Kier alpha value is -2.89. The van der Waals surface area contributed by atoms with Crippen LogP contribution in [-0.4, -0.2) is 15.1 Å². The number of aryl methyl sites for hydroxylation is 1. The predicted octanol–water partition coefficient (Wildman–Crippen LogP) is 4.42. The first-order chi connectivity index (χ1) is 12.2.